The van der Waals surface area contributed by atoms with Crippen LogP contribution >= 0.6 is 34.8 Å². The van der Waals surface area contributed by atoms with Gasteiger partial charge in [-0.2, -0.15) is 0 Å². The third-order valence-electron chi connectivity index (χ3n) is 2.45. The monoisotopic (exact) mass is 317 g/mol. The van der Waals surface area contributed by atoms with Gasteiger partial charge in [0, 0.05) is 5.02 Å². The predicted molar refractivity (Wildman–Crippen MR) is 76.2 cm³/mol. The van der Waals surface area contributed by atoms with Crippen molar-refractivity contribution in [2.75, 3.05) is 0 Å². The SMILES string of the molecule is C=CCC(O)c1cn(-c2c(Cl)cc(Cl)cc2Cl)nn1. The molecule has 0 saturated carbocycles. The van der Waals surface area contributed by atoms with Crippen molar-refractivity contribution in [3.05, 3.63) is 51.7 Å². The van der Waals surface area contributed by atoms with E-state index in [9.17, 15) is 5.11 Å². The van der Waals surface area contributed by atoms with Gasteiger partial charge in [0.25, 0.3) is 0 Å². The van der Waals surface area contributed by atoms with Gasteiger partial charge in [-0.1, -0.05) is 46.1 Å². The number of aliphatic hydroxyl groups is 1. The fraction of sp³-hybridized carbons (Fsp3) is 0.167. The highest BCUT2D eigenvalue weighted by molar-refractivity contribution is 6.40. The first-order valence-corrected chi connectivity index (χ1v) is 6.52. The lowest BCUT2D eigenvalue weighted by Crippen LogP contribution is -1.97. The number of benzene rings is 1. The molecule has 19 heavy (non-hydrogen) atoms. The number of hydrogen-bond acceptors (Lipinski definition) is 3. The molecule has 0 bridgehead atoms. The molecular formula is C12H10Cl3N3O. The van der Waals surface area contributed by atoms with Gasteiger partial charge in [-0.3, -0.25) is 0 Å². The van der Waals surface area contributed by atoms with Crippen LogP contribution in [0, 0.1) is 0 Å². The molecule has 0 aliphatic rings. The first-order chi connectivity index (χ1) is 9.02. The summed E-state index contributed by atoms with van der Waals surface area (Å²) in [5.74, 6) is 0. The lowest BCUT2D eigenvalue weighted by atomic mass is 10.2. The molecule has 1 aromatic carbocycles. The second-order valence-electron chi connectivity index (χ2n) is 3.85. The van der Waals surface area contributed by atoms with Crippen LogP contribution < -0.4 is 0 Å². The summed E-state index contributed by atoms with van der Waals surface area (Å²) in [7, 11) is 0. The maximum Gasteiger partial charge on any atom is 0.112 e. The van der Waals surface area contributed by atoms with Gasteiger partial charge in [-0.05, 0) is 18.6 Å². The fourth-order valence-corrected chi connectivity index (χ4v) is 2.56. The van der Waals surface area contributed by atoms with Crippen LogP contribution in [-0.2, 0) is 0 Å². The lowest BCUT2D eigenvalue weighted by Gasteiger charge is -2.06. The molecule has 0 aliphatic heterocycles. The number of rotatable bonds is 4. The molecule has 1 atom stereocenters. The highest BCUT2D eigenvalue weighted by Crippen LogP contribution is 2.32. The van der Waals surface area contributed by atoms with Crippen molar-refractivity contribution in [3.8, 4) is 5.69 Å². The van der Waals surface area contributed by atoms with E-state index in [0.717, 1.165) is 0 Å². The van der Waals surface area contributed by atoms with Crippen molar-refractivity contribution in [2.24, 2.45) is 0 Å². The average Bonchev–Trinajstić information content (AvgIpc) is 2.77. The van der Waals surface area contributed by atoms with Gasteiger partial charge in [0.05, 0.1) is 16.2 Å². The predicted octanol–water partition coefficient (Wildman–Crippen LogP) is 3.84. The van der Waals surface area contributed by atoms with Crippen LogP contribution in [0.3, 0.4) is 0 Å². The molecule has 7 heteroatoms. The summed E-state index contributed by atoms with van der Waals surface area (Å²) in [4.78, 5) is 0. The summed E-state index contributed by atoms with van der Waals surface area (Å²) in [6.45, 7) is 3.56. The minimum absolute atomic E-state index is 0.354. The van der Waals surface area contributed by atoms with Crippen LogP contribution in [0.2, 0.25) is 15.1 Å². The summed E-state index contributed by atoms with van der Waals surface area (Å²) < 4.78 is 1.41. The van der Waals surface area contributed by atoms with Gasteiger partial charge in [0.2, 0.25) is 0 Å². The molecule has 100 valence electrons. The van der Waals surface area contributed by atoms with Crippen molar-refractivity contribution in [2.45, 2.75) is 12.5 Å². The van der Waals surface area contributed by atoms with Crippen LogP contribution in [0.5, 0.6) is 0 Å². The Morgan fingerprint density at radius 2 is 1.95 bits per heavy atom. The van der Waals surface area contributed by atoms with E-state index in [-0.39, 0.29) is 0 Å². The van der Waals surface area contributed by atoms with E-state index >= 15 is 0 Å². The zero-order valence-corrected chi connectivity index (χ0v) is 12.0. The van der Waals surface area contributed by atoms with Gasteiger partial charge in [-0.25, -0.2) is 4.68 Å². The minimum atomic E-state index is -0.754. The van der Waals surface area contributed by atoms with Crippen molar-refractivity contribution >= 4 is 34.8 Å². The quantitative estimate of drug-likeness (QED) is 0.871. The average molecular weight is 319 g/mol. The van der Waals surface area contributed by atoms with Crippen LogP contribution in [0.1, 0.15) is 18.2 Å². The normalized spacial score (nSPS) is 12.4. The summed E-state index contributed by atoms with van der Waals surface area (Å²) in [6, 6.07) is 3.12. The number of hydrogen-bond donors (Lipinski definition) is 1. The molecule has 4 nitrogen and oxygen atoms in total. The van der Waals surface area contributed by atoms with E-state index in [2.05, 4.69) is 16.9 Å². The van der Waals surface area contributed by atoms with E-state index in [0.29, 0.717) is 32.9 Å². The summed E-state index contributed by atoms with van der Waals surface area (Å²) in [6.07, 6.45) is 2.80. The van der Waals surface area contributed by atoms with Crippen molar-refractivity contribution in [1.82, 2.24) is 15.0 Å². The molecule has 0 saturated heterocycles. The summed E-state index contributed by atoms with van der Waals surface area (Å²) in [5.41, 5.74) is 0.888. The van der Waals surface area contributed by atoms with Gasteiger partial charge < -0.3 is 5.11 Å². The van der Waals surface area contributed by atoms with Crippen molar-refractivity contribution in [3.63, 3.8) is 0 Å². The molecule has 0 amide bonds. The Bertz CT molecular complexity index is 589. The zero-order chi connectivity index (χ0) is 14.0. The molecule has 2 aromatic rings. The standard InChI is InChI=1S/C12H10Cl3N3O/c1-2-3-11(19)10-6-18(17-16-10)12-8(14)4-7(13)5-9(12)15/h2,4-6,11,19H,1,3H2. The zero-order valence-electron chi connectivity index (χ0n) is 9.72. The highest BCUT2D eigenvalue weighted by atomic mass is 35.5. The highest BCUT2D eigenvalue weighted by Gasteiger charge is 2.15. The van der Waals surface area contributed by atoms with Crippen molar-refractivity contribution in [1.29, 1.82) is 0 Å². The fourth-order valence-electron chi connectivity index (χ4n) is 1.57. The number of nitrogens with zero attached hydrogens (tertiary/aromatic N) is 3. The van der Waals surface area contributed by atoms with Crippen molar-refractivity contribution < 1.29 is 5.11 Å². The molecule has 1 heterocycles. The van der Waals surface area contributed by atoms with Crippen LogP contribution in [0.15, 0.2) is 31.0 Å². The molecule has 0 radical (unpaired) electrons. The second kappa shape index (κ2) is 5.92. The second-order valence-corrected chi connectivity index (χ2v) is 5.10. The van der Waals surface area contributed by atoms with Crippen LogP contribution in [0.25, 0.3) is 5.69 Å². The summed E-state index contributed by atoms with van der Waals surface area (Å²) >= 11 is 18.0. The molecule has 0 spiro atoms. The largest absolute Gasteiger partial charge is 0.386 e. The van der Waals surface area contributed by atoms with E-state index in [1.807, 2.05) is 0 Å². The topological polar surface area (TPSA) is 50.9 Å². The Morgan fingerprint density at radius 1 is 1.32 bits per heavy atom. The Labute approximate surface area is 125 Å². The van der Waals surface area contributed by atoms with E-state index in [1.165, 1.54) is 4.68 Å². The van der Waals surface area contributed by atoms with Gasteiger partial charge in [0.15, 0.2) is 0 Å². The first-order valence-electron chi connectivity index (χ1n) is 5.39. The molecule has 0 fully saturated rings. The van der Waals surface area contributed by atoms with E-state index in [4.69, 9.17) is 34.8 Å². The Kier molecular flexibility index (Phi) is 4.47. The van der Waals surface area contributed by atoms with Crippen LogP contribution in [-0.4, -0.2) is 20.1 Å². The first kappa shape index (κ1) is 14.3. The molecular weight excluding hydrogens is 309 g/mol. The van der Waals surface area contributed by atoms with Gasteiger partial charge in [-0.15, -0.1) is 11.7 Å². The Morgan fingerprint density at radius 3 is 2.53 bits per heavy atom. The maximum absolute atomic E-state index is 9.79. The Hall–Kier alpha value is -1.07. The van der Waals surface area contributed by atoms with Crippen LogP contribution in [0.4, 0.5) is 0 Å². The summed E-state index contributed by atoms with van der Waals surface area (Å²) in [5, 5.41) is 18.7. The smallest absolute Gasteiger partial charge is 0.112 e. The lowest BCUT2D eigenvalue weighted by molar-refractivity contribution is 0.176. The van der Waals surface area contributed by atoms with Gasteiger partial charge in [0.1, 0.15) is 17.5 Å². The van der Waals surface area contributed by atoms with Gasteiger partial charge >= 0.3 is 0 Å². The number of aliphatic hydroxyl groups excluding tert-OH is 1. The molecule has 1 unspecified atom stereocenters. The van der Waals surface area contributed by atoms with E-state index in [1.54, 1.807) is 24.4 Å². The molecule has 1 aromatic heterocycles. The third kappa shape index (κ3) is 3.09. The number of halogens is 3. The molecule has 0 aliphatic carbocycles. The Balaban J connectivity index is 2.41. The molecule has 2 rings (SSSR count). The minimum Gasteiger partial charge on any atom is -0.386 e. The molecule has 1 N–H and O–H groups in total. The number of aromatic nitrogens is 3. The third-order valence-corrected chi connectivity index (χ3v) is 3.25. The van der Waals surface area contributed by atoms with E-state index < -0.39 is 6.10 Å². The maximum atomic E-state index is 9.79.